The summed E-state index contributed by atoms with van der Waals surface area (Å²) in [7, 11) is 1.54. The van der Waals surface area contributed by atoms with Crippen LogP contribution in [0.25, 0.3) is 0 Å². The highest BCUT2D eigenvalue weighted by atomic mass is 16.5. The Bertz CT molecular complexity index is 747. The topological polar surface area (TPSA) is 93.1 Å². The second-order valence-corrected chi connectivity index (χ2v) is 6.80. The van der Waals surface area contributed by atoms with E-state index < -0.39 is 11.9 Å². The Balaban J connectivity index is 2.16. The third kappa shape index (κ3) is 4.00. The largest absolute Gasteiger partial charge is 0.507 e. The van der Waals surface area contributed by atoms with E-state index in [2.05, 4.69) is 0 Å². The summed E-state index contributed by atoms with van der Waals surface area (Å²) in [5.74, 6) is -1.14. The van der Waals surface area contributed by atoms with Crippen LogP contribution in [0.15, 0.2) is 11.6 Å². The first-order valence-electron chi connectivity index (χ1n) is 8.74. The van der Waals surface area contributed by atoms with E-state index in [4.69, 9.17) is 14.6 Å². The van der Waals surface area contributed by atoms with Crippen LogP contribution in [0.1, 0.15) is 60.2 Å². The van der Waals surface area contributed by atoms with Crippen LogP contribution >= 0.6 is 0 Å². The van der Waals surface area contributed by atoms with Crippen LogP contribution in [0.4, 0.5) is 0 Å². The van der Waals surface area contributed by atoms with Gasteiger partial charge in [0, 0.05) is 11.1 Å². The number of rotatable bonds is 8. The number of allylic oxidation sites excluding steroid dienone is 2. The van der Waals surface area contributed by atoms with Gasteiger partial charge in [-0.1, -0.05) is 18.6 Å². The van der Waals surface area contributed by atoms with Gasteiger partial charge in [0.15, 0.2) is 0 Å². The standard InChI is InChI=1S/C20H26O6/c1-11(6-5-7-12(2)19(22)23)8-9-14-17(21)16-15(10-26-20(16)24)13(3)18(14)25-4/h8,12,21H,5-7,9-10H2,1-4H3,(H,22,23)/t12-/m0/s1. The molecular formula is C20H26O6. The number of hydrogen-bond acceptors (Lipinski definition) is 5. The number of ether oxygens (including phenoxy) is 2. The number of carboxylic acids is 1. The molecule has 0 bridgehead atoms. The molecule has 1 atom stereocenters. The number of phenolic OH excluding ortho intramolecular Hbond substituents is 1. The Kier molecular flexibility index (Phi) is 6.29. The molecule has 1 aliphatic heterocycles. The molecule has 6 heteroatoms. The molecule has 1 aromatic carbocycles. The summed E-state index contributed by atoms with van der Waals surface area (Å²) >= 11 is 0. The van der Waals surface area contributed by atoms with E-state index in [1.54, 1.807) is 14.0 Å². The SMILES string of the molecule is COc1c(C)c2c(c(O)c1CC=C(C)CCC[C@H](C)C(=O)O)C(=O)OC2. The molecule has 1 heterocycles. The van der Waals surface area contributed by atoms with E-state index in [1.165, 1.54) is 0 Å². The van der Waals surface area contributed by atoms with Gasteiger partial charge in [0.1, 0.15) is 23.7 Å². The lowest BCUT2D eigenvalue weighted by Crippen LogP contribution is -2.08. The van der Waals surface area contributed by atoms with E-state index in [0.717, 1.165) is 24.0 Å². The summed E-state index contributed by atoms with van der Waals surface area (Å²) in [5.41, 5.74) is 3.39. The fourth-order valence-electron chi connectivity index (χ4n) is 3.22. The number of carbonyl (C=O) groups excluding carboxylic acids is 1. The molecule has 1 aliphatic rings. The fraction of sp³-hybridized carbons (Fsp3) is 0.500. The monoisotopic (exact) mass is 362 g/mol. The number of esters is 1. The molecule has 2 rings (SSSR count). The van der Waals surface area contributed by atoms with Crippen LogP contribution in [-0.4, -0.2) is 29.3 Å². The minimum Gasteiger partial charge on any atom is -0.507 e. The first-order chi connectivity index (χ1) is 12.3. The van der Waals surface area contributed by atoms with Crippen molar-refractivity contribution in [3.8, 4) is 11.5 Å². The van der Waals surface area contributed by atoms with Crippen LogP contribution in [0, 0.1) is 12.8 Å². The average Bonchev–Trinajstić information content (AvgIpc) is 2.98. The smallest absolute Gasteiger partial charge is 0.342 e. The average molecular weight is 362 g/mol. The molecular weight excluding hydrogens is 336 g/mol. The van der Waals surface area contributed by atoms with E-state index in [-0.39, 0.29) is 23.8 Å². The zero-order valence-electron chi connectivity index (χ0n) is 15.7. The van der Waals surface area contributed by atoms with Crippen LogP contribution in [-0.2, 0) is 22.6 Å². The molecule has 0 fully saturated rings. The Labute approximate surface area is 153 Å². The summed E-state index contributed by atoms with van der Waals surface area (Å²) in [6.07, 6.45) is 4.60. The Morgan fingerprint density at radius 3 is 2.73 bits per heavy atom. The number of hydrogen-bond donors (Lipinski definition) is 2. The minimum atomic E-state index is -0.776. The lowest BCUT2D eigenvalue weighted by atomic mass is 9.94. The van der Waals surface area contributed by atoms with E-state index in [9.17, 15) is 14.7 Å². The van der Waals surface area contributed by atoms with Gasteiger partial charge in [-0.25, -0.2) is 4.79 Å². The van der Waals surface area contributed by atoms with Crippen molar-refractivity contribution in [3.63, 3.8) is 0 Å². The van der Waals surface area contributed by atoms with Crippen molar-refractivity contribution in [2.24, 2.45) is 5.92 Å². The van der Waals surface area contributed by atoms with Gasteiger partial charge in [0.2, 0.25) is 0 Å². The third-order valence-corrected chi connectivity index (χ3v) is 4.93. The second kappa shape index (κ2) is 8.25. The van der Waals surface area contributed by atoms with E-state index in [0.29, 0.717) is 29.7 Å². The van der Waals surface area contributed by atoms with Crippen molar-refractivity contribution in [3.05, 3.63) is 33.9 Å². The quantitative estimate of drug-likeness (QED) is 0.540. The number of fused-ring (bicyclic) bond motifs is 1. The number of carbonyl (C=O) groups is 2. The molecule has 0 saturated heterocycles. The summed E-state index contributed by atoms with van der Waals surface area (Å²) < 4.78 is 10.5. The van der Waals surface area contributed by atoms with Crippen LogP contribution in [0.3, 0.4) is 0 Å². The van der Waals surface area contributed by atoms with E-state index in [1.807, 2.05) is 19.9 Å². The Morgan fingerprint density at radius 1 is 1.42 bits per heavy atom. The van der Waals surface area contributed by atoms with Gasteiger partial charge >= 0.3 is 11.9 Å². The van der Waals surface area contributed by atoms with Gasteiger partial charge in [-0.15, -0.1) is 0 Å². The molecule has 0 aliphatic carbocycles. The zero-order chi connectivity index (χ0) is 19.4. The molecule has 0 amide bonds. The first kappa shape index (κ1) is 19.8. The predicted molar refractivity (Wildman–Crippen MR) is 96.6 cm³/mol. The number of cyclic esters (lactones) is 1. The van der Waals surface area contributed by atoms with Crippen LogP contribution in [0.5, 0.6) is 11.5 Å². The number of phenols is 1. The lowest BCUT2D eigenvalue weighted by molar-refractivity contribution is -0.141. The summed E-state index contributed by atoms with van der Waals surface area (Å²) in [6.45, 7) is 5.69. The molecule has 6 nitrogen and oxygen atoms in total. The predicted octanol–water partition coefficient (Wildman–Crippen LogP) is 3.76. The normalized spacial score (nSPS) is 14.8. The number of aromatic hydroxyl groups is 1. The summed E-state index contributed by atoms with van der Waals surface area (Å²) in [6, 6.07) is 0. The van der Waals surface area contributed by atoms with Gasteiger partial charge in [0.05, 0.1) is 13.0 Å². The van der Waals surface area contributed by atoms with Gasteiger partial charge in [-0.3, -0.25) is 4.79 Å². The van der Waals surface area contributed by atoms with E-state index >= 15 is 0 Å². The summed E-state index contributed by atoms with van der Waals surface area (Å²) in [4.78, 5) is 22.8. The van der Waals surface area contributed by atoms with Crippen molar-refractivity contribution in [1.29, 1.82) is 0 Å². The van der Waals surface area contributed by atoms with Gasteiger partial charge in [-0.05, 0) is 45.1 Å². The number of aliphatic carboxylic acids is 1. The minimum absolute atomic E-state index is 0.0755. The molecule has 1 aromatic rings. The molecule has 0 saturated carbocycles. The molecule has 0 radical (unpaired) electrons. The highest BCUT2D eigenvalue weighted by molar-refractivity contribution is 5.98. The summed E-state index contributed by atoms with van der Waals surface area (Å²) in [5, 5.41) is 19.5. The molecule has 26 heavy (non-hydrogen) atoms. The van der Waals surface area contributed by atoms with Crippen molar-refractivity contribution < 1.29 is 29.3 Å². The van der Waals surface area contributed by atoms with Crippen LogP contribution in [0.2, 0.25) is 0 Å². The zero-order valence-corrected chi connectivity index (χ0v) is 15.7. The number of carboxylic acid groups (broad SMARTS) is 1. The Morgan fingerprint density at radius 2 is 2.12 bits per heavy atom. The highest BCUT2D eigenvalue weighted by Gasteiger charge is 2.31. The van der Waals surface area contributed by atoms with Crippen molar-refractivity contribution in [2.45, 2.75) is 53.1 Å². The van der Waals surface area contributed by atoms with Crippen molar-refractivity contribution >= 4 is 11.9 Å². The maximum Gasteiger partial charge on any atom is 0.342 e. The number of benzene rings is 1. The third-order valence-electron chi connectivity index (χ3n) is 4.93. The fourth-order valence-corrected chi connectivity index (χ4v) is 3.22. The van der Waals surface area contributed by atoms with Crippen molar-refractivity contribution in [2.75, 3.05) is 7.11 Å². The molecule has 2 N–H and O–H groups in total. The molecule has 0 spiro atoms. The van der Waals surface area contributed by atoms with Crippen molar-refractivity contribution in [1.82, 2.24) is 0 Å². The maximum absolute atomic E-state index is 11.9. The Hall–Kier alpha value is -2.50. The lowest BCUT2D eigenvalue weighted by Gasteiger charge is -2.15. The second-order valence-electron chi connectivity index (χ2n) is 6.80. The molecule has 0 unspecified atom stereocenters. The van der Waals surface area contributed by atoms with Crippen LogP contribution < -0.4 is 4.74 Å². The maximum atomic E-state index is 11.9. The van der Waals surface area contributed by atoms with Gasteiger partial charge < -0.3 is 19.7 Å². The molecule has 0 aromatic heterocycles. The number of methoxy groups -OCH3 is 1. The highest BCUT2D eigenvalue weighted by Crippen LogP contribution is 2.42. The molecule has 142 valence electrons. The van der Waals surface area contributed by atoms with Gasteiger partial charge in [0.25, 0.3) is 0 Å². The first-order valence-corrected chi connectivity index (χ1v) is 8.74. The van der Waals surface area contributed by atoms with Gasteiger partial charge in [-0.2, -0.15) is 0 Å².